The third kappa shape index (κ3) is 3.66. The van der Waals surface area contributed by atoms with Crippen molar-refractivity contribution in [1.29, 1.82) is 0 Å². The maximum atomic E-state index is 11.2. The van der Waals surface area contributed by atoms with Gasteiger partial charge in [-0.1, -0.05) is 0 Å². The van der Waals surface area contributed by atoms with Crippen LogP contribution in [0.15, 0.2) is 0 Å². The molecule has 2 rings (SSSR count). The van der Waals surface area contributed by atoms with Crippen LogP contribution in [0, 0.1) is 0 Å². The van der Waals surface area contributed by atoms with Crippen molar-refractivity contribution < 1.29 is 9.53 Å². The van der Waals surface area contributed by atoms with Crippen molar-refractivity contribution in [2.45, 2.75) is 31.9 Å². The summed E-state index contributed by atoms with van der Waals surface area (Å²) in [7, 11) is 0. The summed E-state index contributed by atoms with van der Waals surface area (Å²) in [4.78, 5) is 13.8. The molecular formula is C12H23N3O2. The molecule has 2 atom stereocenters. The fraction of sp³-hybridized carbons (Fsp3) is 0.917. The Morgan fingerprint density at radius 3 is 3.24 bits per heavy atom. The Kier molecular flexibility index (Phi) is 4.76. The molecule has 2 aliphatic heterocycles. The molecule has 17 heavy (non-hydrogen) atoms. The van der Waals surface area contributed by atoms with Crippen molar-refractivity contribution in [3.8, 4) is 0 Å². The molecule has 1 amide bonds. The molecule has 2 N–H and O–H groups in total. The molecule has 0 aromatic rings. The van der Waals surface area contributed by atoms with E-state index >= 15 is 0 Å². The van der Waals surface area contributed by atoms with Gasteiger partial charge in [0.05, 0.1) is 19.3 Å². The lowest BCUT2D eigenvalue weighted by atomic mass is 10.2. The molecule has 0 aromatic carbocycles. The van der Waals surface area contributed by atoms with Crippen molar-refractivity contribution in [3.05, 3.63) is 0 Å². The second-order valence-corrected chi connectivity index (χ2v) is 4.83. The predicted octanol–water partition coefficient (Wildman–Crippen LogP) is -0.425. The molecular weight excluding hydrogens is 218 g/mol. The quantitative estimate of drug-likeness (QED) is 0.686. The van der Waals surface area contributed by atoms with Crippen LogP contribution in [0.4, 0.5) is 0 Å². The van der Waals surface area contributed by atoms with E-state index in [9.17, 15) is 4.79 Å². The van der Waals surface area contributed by atoms with Gasteiger partial charge in [-0.25, -0.2) is 0 Å². The Morgan fingerprint density at radius 1 is 1.53 bits per heavy atom. The van der Waals surface area contributed by atoms with Gasteiger partial charge in [0.25, 0.3) is 0 Å². The van der Waals surface area contributed by atoms with E-state index in [1.165, 1.54) is 19.4 Å². The maximum Gasteiger partial charge on any atom is 0.233 e. The normalized spacial score (nSPS) is 29.0. The van der Waals surface area contributed by atoms with Crippen molar-refractivity contribution >= 4 is 5.91 Å². The van der Waals surface area contributed by atoms with Gasteiger partial charge in [-0.2, -0.15) is 0 Å². The number of hydrogen-bond acceptors (Lipinski definition) is 4. The van der Waals surface area contributed by atoms with Crippen LogP contribution in [0.3, 0.4) is 0 Å². The minimum absolute atomic E-state index is 0.0577. The van der Waals surface area contributed by atoms with Gasteiger partial charge in [-0.05, 0) is 26.3 Å². The smallest absolute Gasteiger partial charge is 0.233 e. The van der Waals surface area contributed by atoms with Crippen LogP contribution in [-0.4, -0.2) is 62.3 Å². The van der Waals surface area contributed by atoms with E-state index in [4.69, 9.17) is 4.74 Å². The van der Waals surface area contributed by atoms with Crippen molar-refractivity contribution in [3.63, 3.8) is 0 Å². The number of ether oxygens (including phenoxy) is 1. The molecule has 5 nitrogen and oxygen atoms in total. The molecule has 98 valence electrons. The SMILES string of the molecule is CCNC(=O)CNCC1CN2CCCC2CO1. The first-order valence-electron chi connectivity index (χ1n) is 6.62. The van der Waals surface area contributed by atoms with Gasteiger partial charge in [0.15, 0.2) is 0 Å². The summed E-state index contributed by atoms with van der Waals surface area (Å²) in [6, 6.07) is 0.648. The number of likely N-dealkylation sites (N-methyl/N-ethyl adjacent to an activating group) is 1. The summed E-state index contributed by atoms with van der Waals surface area (Å²) in [6.07, 6.45) is 2.81. The number of rotatable bonds is 5. The lowest BCUT2D eigenvalue weighted by Crippen LogP contribution is -2.50. The van der Waals surface area contributed by atoms with Gasteiger partial charge in [-0.3, -0.25) is 9.69 Å². The number of morpholine rings is 1. The molecule has 5 heteroatoms. The Balaban J connectivity index is 1.62. The van der Waals surface area contributed by atoms with Gasteiger partial charge >= 0.3 is 0 Å². The van der Waals surface area contributed by atoms with Crippen LogP contribution >= 0.6 is 0 Å². The molecule has 2 fully saturated rings. The topological polar surface area (TPSA) is 53.6 Å². The molecule has 2 heterocycles. The summed E-state index contributed by atoms with van der Waals surface area (Å²) in [5.41, 5.74) is 0. The summed E-state index contributed by atoms with van der Waals surface area (Å²) in [6.45, 7) is 6.84. The van der Waals surface area contributed by atoms with Gasteiger partial charge in [0, 0.05) is 25.7 Å². The van der Waals surface area contributed by atoms with Crippen LogP contribution in [0.25, 0.3) is 0 Å². The zero-order valence-corrected chi connectivity index (χ0v) is 10.6. The van der Waals surface area contributed by atoms with Gasteiger partial charge < -0.3 is 15.4 Å². The lowest BCUT2D eigenvalue weighted by Gasteiger charge is -2.35. The largest absolute Gasteiger partial charge is 0.374 e. The molecule has 2 saturated heterocycles. The van der Waals surface area contributed by atoms with E-state index in [1.807, 2.05) is 6.92 Å². The number of carbonyl (C=O) groups excluding carboxylic acids is 1. The highest BCUT2D eigenvalue weighted by molar-refractivity contribution is 5.77. The summed E-state index contributed by atoms with van der Waals surface area (Å²) in [5, 5.41) is 5.92. The van der Waals surface area contributed by atoms with Crippen LogP contribution < -0.4 is 10.6 Å². The van der Waals surface area contributed by atoms with E-state index in [-0.39, 0.29) is 12.0 Å². The first-order chi connectivity index (χ1) is 8.29. The molecule has 0 spiro atoms. The summed E-state index contributed by atoms with van der Waals surface area (Å²) >= 11 is 0. The molecule has 0 aliphatic carbocycles. The van der Waals surface area contributed by atoms with Crippen LogP contribution in [0.2, 0.25) is 0 Å². The van der Waals surface area contributed by atoms with Gasteiger partial charge in [0.2, 0.25) is 5.91 Å². The van der Waals surface area contributed by atoms with Gasteiger partial charge in [0.1, 0.15) is 0 Å². The van der Waals surface area contributed by atoms with E-state index < -0.39 is 0 Å². The summed E-state index contributed by atoms with van der Waals surface area (Å²) < 4.78 is 5.80. The standard InChI is InChI=1S/C12H23N3O2/c1-2-14-12(16)7-13-6-11-8-15-5-3-4-10(15)9-17-11/h10-11,13H,2-9H2,1H3,(H,14,16). The fourth-order valence-corrected chi connectivity index (χ4v) is 2.62. The molecule has 0 aromatic heterocycles. The highest BCUT2D eigenvalue weighted by atomic mass is 16.5. The van der Waals surface area contributed by atoms with E-state index in [2.05, 4.69) is 15.5 Å². The number of fused-ring (bicyclic) bond motifs is 1. The third-order valence-electron chi connectivity index (χ3n) is 3.49. The highest BCUT2D eigenvalue weighted by Gasteiger charge is 2.31. The first kappa shape index (κ1) is 12.8. The van der Waals surface area contributed by atoms with Crippen molar-refractivity contribution in [2.24, 2.45) is 0 Å². The lowest BCUT2D eigenvalue weighted by molar-refractivity contribution is -0.120. The van der Waals surface area contributed by atoms with Crippen molar-refractivity contribution in [1.82, 2.24) is 15.5 Å². The number of carbonyl (C=O) groups is 1. The number of nitrogens with zero attached hydrogens (tertiary/aromatic N) is 1. The molecule has 2 unspecified atom stereocenters. The van der Waals surface area contributed by atoms with E-state index in [0.29, 0.717) is 19.1 Å². The minimum atomic E-state index is 0.0577. The van der Waals surface area contributed by atoms with E-state index in [0.717, 1.165) is 19.7 Å². The Morgan fingerprint density at radius 2 is 2.41 bits per heavy atom. The molecule has 2 aliphatic rings. The fourth-order valence-electron chi connectivity index (χ4n) is 2.62. The number of amides is 1. The zero-order valence-electron chi connectivity index (χ0n) is 10.6. The summed E-state index contributed by atoms with van der Waals surface area (Å²) in [5.74, 6) is 0.0577. The Labute approximate surface area is 103 Å². The number of hydrogen-bond donors (Lipinski definition) is 2. The van der Waals surface area contributed by atoms with E-state index in [1.54, 1.807) is 0 Å². The highest BCUT2D eigenvalue weighted by Crippen LogP contribution is 2.22. The third-order valence-corrected chi connectivity index (χ3v) is 3.49. The van der Waals surface area contributed by atoms with Gasteiger partial charge in [-0.15, -0.1) is 0 Å². The molecule has 0 saturated carbocycles. The molecule has 0 bridgehead atoms. The number of nitrogens with one attached hydrogen (secondary N) is 2. The van der Waals surface area contributed by atoms with Crippen LogP contribution in [-0.2, 0) is 9.53 Å². The van der Waals surface area contributed by atoms with Crippen LogP contribution in [0.1, 0.15) is 19.8 Å². The first-order valence-corrected chi connectivity index (χ1v) is 6.62. The second-order valence-electron chi connectivity index (χ2n) is 4.83. The average Bonchev–Trinajstić information content (AvgIpc) is 2.76. The molecule has 0 radical (unpaired) electrons. The Bertz CT molecular complexity index is 260. The zero-order chi connectivity index (χ0) is 12.1. The minimum Gasteiger partial charge on any atom is -0.374 e. The maximum absolute atomic E-state index is 11.2. The monoisotopic (exact) mass is 241 g/mol. The van der Waals surface area contributed by atoms with Crippen molar-refractivity contribution in [2.75, 3.05) is 39.3 Å². The Hall–Kier alpha value is -0.650. The predicted molar refractivity (Wildman–Crippen MR) is 65.9 cm³/mol. The second kappa shape index (κ2) is 6.33. The van der Waals surface area contributed by atoms with Crippen LogP contribution in [0.5, 0.6) is 0 Å². The average molecular weight is 241 g/mol.